The van der Waals surface area contributed by atoms with Gasteiger partial charge in [0.1, 0.15) is 17.0 Å². The van der Waals surface area contributed by atoms with E-state index in [1.807, 2.05) is 0 Å². The predicted octanol–water partition coefficient (Wildman–Crippen LogP) is 4.39. The third-order valence-electron chi connectivity index (χ3n) is 6.68. The molecule has 3 aromatic rings. The molecule has 2 aliphatic heterocycles. The summed E-state index contributed by atoms with van der Waals surface area (Å²) in [5.74, 6) is 1.83. The molecule has 0 amide bonds. The van der Waals surface area contributed by atoms with Crippen molar-refractivity contribution in [3.05, 3.63) is 42.0 Å². The van der Waals surface area contributed by atoms with Gasteiger partial charge in [-0.05, 0) is 56.7 Å². The molecule has 0 spiro atoms. The van der Waals surface area contributed by atoms with E-state index >= 15 is 0 Å². The van der Waals surface area contributed by atoms with E-state index < -0.39 is 0 Å². The number of rotatable bonds is 6. The largest absolute Gasteiger partial charge is 0.356 e. The van der Waals surface area contributed by atoms with Crippen LogP contribution >= 0.6 is 11.3 Å². The van der Waals surface area contributed by atoms with Gasteiger partial charge in [-0.25, -0.2) is 9.97 Å². The molecular weight excluding hydrogens is 390 g/mol. The van der Waals surface area contributed by atoms with Crippen molar-refractivity contribution in [1.82, 2.24) is 14.9 Å². The van der Waals surface area contributed by atoms with Crippen molar-refractivity contribution in [3.63, 3.8) is 0 Å². The first kappa shape index (κ1) is 19.9. The molecule has 2 aliphatic rings. The van der Waals surface area contributed by atoms with Gasteiger partial charge in [0.25, 0.3) is 0 Å². The van der Waals surface area contributed by atoms with Crippen LogP contribution < -0.4 is 10.6 Å². The van der Waals surface area contributed by atoms with Gasteiger partial charge in [-0.3, -0.25) is 0 Å². The first-order chi connectivity index (χ1) is 14.8. The molecule has 30 heavy (non-hydrogen) atoms. The van der Waals surface area contributed by atoms with E-state index in [2.05, 4.69) is 50.5 Å². The lowest BCUT2D eigenvalue weighted by Crippen LogP contribution is -2.40. The van der Waals surface area contributed by atoms with Crippen LogP contribution in [0.3, 0.4) is 0 Å². The fourth-order valence-corrected chi connectivity index (χ4v) is 6.02. The number of hydrogen-bond donors (Lipinski definition) is 1. The van der Waals surface area contributed by atoms with Crippen molar-refractivity contribution >= 4 is 27.4 Å². The monoisotopic (exact) mass is 421 g/mol. The maximum absolute atomic E-state index is 6.50. The number of likely N-dealkylation sites (tertiary alicyclic amines) is 1. The van der Waals surface area contributed by atoms with Crippen LogP contribution in [0.15, 0.2) is 42.0 Å². The average Bonchev–Trinajstić information content (AvgIpc) is 3.44. The van der Waals surface area contributed by atoms with Gasteiger partial charge in [0, 0.05) is 36.6 Å². The van der Waals surface area contributed by atoms with E-state index in [1.54, 1.807) is 17.7 Å². The van der Waals surface area contributed by atoms with Gasteiger partial charge in [0.15, 0.2) is 0 Å². The molecule has 5 nitrogen and oxygen atoms in total. The van der Waals surface area contributed by atoms with Gasteiger partial charge in [-0.1, -0.05) is 30.3 Å². The van der Waals surface area contributed by atoms with Crippen molar-refractivity contribution < 1.29 is 0 Å². The Bertz CT molecular complexity index is 958. The molecule has 5 rings (SSSR count). The summed E-state index contributed by atoms with van der Waals surface area (Å²) in [6, 6.07) is 10.9. The summed E-state index contributed by atoms with van der Waals surface area (Å²) < 4.78 is 0. The lowest BCUT2D eigenvalue weighted by atomic mass is 9.90. The van der Waals surface area contributed by atoms with Crippen LogP contribution in [-0.2, 0) is 0 Å². The van der Waals surface area contributed by atoms with Gasteiger partial charge in [0.05, 0.1) is 5.39 Å². The molecule has 1 atom stereocenters. The normalized spacial score (nSPS) is 19.6. The van der Waals surface area contributed by atoms with E-state index in [9.17, 15) is 0 Å². The molecule has 2 N–H and O–H groups in total. The number of hydrogen-bond acceptors (Lipinski definition) is 6. The van der Waals surface area contributed by atoms with E-state index in [1.165, 1.54) is 55.3 Å². The van der Waals surface area contributed by atoms with E-state index in [4.69, 9.17) is 10.7 Å². The maximum Gasteiger partial charge on any atom is 0.141 e. The Morgan fingerprint density at radius 1 is 1.03 bits per heavy atom. The molecule has 1 aromatic carbocycles. The minimum Gasteiger partial charge on any atom is -0.356 e. The second-order valence-corrected chi connectivity index (χ2v) is 9.68. The topological polar surface area (TPSA) is 58.3 Å². The van der Waals surface area contributed by atoms with Crippen LogP contribution in [0, 0.1) is 5.92 Å². The fourth-order valence-electron chi connectivity index (χ4n) is 5.11. The molecule has 1 unspecified atom stereocenters. The van der Waals surface area contributed by atoms with Crippen molar-refractivity contribution in [2.75, 3.05) is 37.6 Å². The highest BCUT2D eigenvalue weighted by Crippen LogP contribution is 2.39. The van der Waals surface area contributed by atoms with Crippen molar-refractivity contribution in [2.45, 2.75) is 38.1 Å². The molecule has 2 saturated heterocycles. The summed E-state index contributed by atoms with van der Waals surface area (Å²) in [5, 5.41) is 3.43. The molecule has 2 aromatic heterocycles. The highest BCUT2D eigenvalue weighted by molar-refractivity contribution is 7.17. The molecule has 6 heteroatoms. The zero-order valence-corrected chi connectivity index (χ0v) is 18.4. The smallest absolute Gasteiger partial charge is 0.141 e. The zero-order valence-electron chi connectivity index (χ0n) is 17.5. The Morgan fingerprint density at radius 3 is 2.57 bits per heavy atom. The van der Waals surface area contributed by atoms with Gasteiger partial charge in [-0.15, -0.1) is 11.3 Å². The highest BCUT2D eigenvalue weighted by atomic mass is 32.1. The van der Waals surface area contributed by atoms with Crippen LogP contribution in [0.4, 0.5) is 5.82 Å². The quantitative estimate of drug-likeness (QED) is 0.640. The first-order valence-electron chi connectivity index (χ1n) is 11.3. The van der Waals surface area contributed by atoms with E-state index in [0.29, 0.717) is 6.04 Å². The Morgan fingerprint density at radius 2 is 1.80 bits per heavy atom. The van der Waals surface area contributed by atoms with Crippen LogP contribution in [0.1, 0.15) is 32.1 Å². The molecule has 4 heterocycles. The SMILES string of the molecule is NC(CC1CCN(c2ncnc3scc(-c4ccccc4)c23)CC1)CN1CCCC1. The van der Waals surface area contributed by atoms with Gasteiger partial charge in [0.2, 0.25) is 0 Å². The molecule has 0 bridgehead atoms. The van der Waals surface area contributed by atoms with Crippen LogP contribution in [-0.4, -0.2) is 53.6 Å². The predicted molar refractivity (Wildman–Crippen MR) is 126 cm³/mol. The van der Waals surface area contributed by atoms with Crippen molar-refractivity contribution in [2.24, 2.45) is 11.7 Å². The lowest BCUT2D eigenvalue weighted by molar-refractivity contribution is 0.273. The van der Waals surface area contributed by atoms with Crippen LogP contribution in [0.25, 0.3) is 21.3 Å². The number of benzene rings is 1. The summed E-state index contributed by atoms with van der Waals surface area (Å²) in [7, 11) is 0. The molecule has 0 aliphatic carbocycles. The van der Waals surface area contributed by atoms with Crippen LogP contribution in [0.2, 0.25) is 0 Å². The third kappa shape index (κ3) is 4.22. The van der Waals surface area contributed by atoms with Crippen molar-refractivity contribution in [1.29, 1.82) is 0 Å². The Balaban J connectivity index is 1.27. The number of thiophene rings is 1. The summed E-state index contributed by atoms with van der Waals surface area (Å²) in [6.07, 6.45) is 7.95. The molecule has 158 valence electrons. The molecule has 0 radical (unpaired) electrons. The Hall–Kier alpha value is -2.02. The summed E-state index contributed by atoms with van der Waals surface area (Å²) in [5.41, 5.74) is 8.99. The van der Waals surface area contributed by atoms with E-state index in [0.717, 1.165) is 42.6 Å². The van der Waals surface area contributed by atoms with Crippen molar-refractivity contribution in [3.8, 4) is 11.1 Å². The Labute approximate surface area is 182 Å². The Kier molecular flexibility index (Phi) is 5.97. The summed E-state index contributed by atoms with van der Waals surface area (Å²) in [6.45, 7) is 5.65. The first-order valence-corrected chi connectivity index (χ1v) is 12.2. The lowest BCUT2D eigenvalue weighted by Gasteiger charge is -2.34. The highest BCUT2D eigenvalue weighted by Gasteiger charge is 2.25. The number of piperidine rings is 1. The number of nitrogens with zero attached hydrogens (tertiary/aromatic N) is 4. The number of nitrogens with two attached hydrogens (primary N) is 1. The molecular formula is C24H31N5S. The van der Waals surface area contributed by atoms with Gasteiger partial charge < -0.3 is 15.5 Å². The van der Waals surface area contributed by atoms with Gasteiger partial charge in [-0.2, -0.15) is 0 Å². The number of fused-ring (bicyclic) bond motifs is 1. The maximum atomic E-state index is 6.50. The molecule has 0 saturated carbocycles. The summed E-state index contributed by atoms with van der Waals surface area (Å²) >= 11 is 1.71. The zero-order chi connectivity index (χ0) is 20.3. The minimum atomic E-state index is 0.312. The van der Waals surface area contributed by atoms with Crippen LogP contribution in [0.5, 0.6) is 0 Å². The average molecular weight is 422 g/mol. The number of anilines is 1. The standard InChI is InChI=1S/C24H31N5S/c25-20(15-28-10-4-5-11-28)14-18-8-12-29(13-9-18)23-22-21(19-6-2-1-3-7-19)16-30-24(22)27-17-26-23/h1-3,6-7,16-18,20H,4-5,8-15,25H2. The third-order valence-corrected chi connectivity index (χ3v) is 7.56. The van der Waals surface area contributed by atoms with E-state index in [-0.39, 0.29) is 0 Å². The minimum absolute atomic E-state index is 0.312. The molecule has 2 fully saturated rings. The second-order valence-electron chi connectivity index (χ2n) is 8.83. The van der Waals surface area contributed by atoms with Gasteiger partial charge >= 0.3 is 0 Å². The number of aromatic nitrogens is 2. The fraction of sp³-hybridized carbons (Fsp3) is 0.500. The summed E-state index contributed by atoms with van der Waals surface area (Å²) in [4.78, 5) is 15.4. The second kappa shape index (κ2) is 9.00.